The minimum Gasteiger partial charge on any atom is -0.481 e. The van der Waals surface area contributed by atoms with Crippen LogP contribution in [-0.4, -0.2) is 17.6 Å². The topological polar surface area (TPSA) is 73.1 Å². The molecule has 0 bridgehead atoms. The summed E-state index contributed by atoms with van der Waals surface area (Å²) in [5.74, 6) is -0.821. The molecule has 5 heteroatoms. The Morgan fingerprint density at radius 3 is 2.94 bits per heavy atom. The Kier molecular flexibility index (Phi) is 4.62. The molecular weight excluding hydrogens is 228 g/mol. The zero-order valence-electron chi connectivity index (χ0n) is 8.53. The van der Waals surface area contributed by atoms with Gasteiger partial charge in [-0.2, -0.15) is 5.26 Å². The number of halogens is 1. The van der Waals surface area contributed by atoms with Crippen molar-refractivity contribution in [2.45, 2.75) is 12.8 Å². The highest BCUT2D eigenvalue weighted by Gasteiger charge is 2.02. The van der Waals surface area contributed by atoms with Gasteiger partial charge in [0, 0.05) is 13.0 Å². The van der Waals surface area contributed by atoms with E-state index in [1.54, 1.807) is 18.2 Å². The minimum absolute atomic E-state index is 0.114. The Balaban J connectivity index is 2.53. The van der Waals surface area contributed by atoms with Crippen molar-refractivity contribution in [3.63, 3.8) is 0 Å². The molecule has 0 saturated heterocycles. The number of nitrogens with zero attached hydrogens (tertiary/aromatic N) is 1. The van der Waals surface area contributed by atoms with Crippen LogP contribution in [0.15, 0.2) is 18.2 Å². The van der Waals surface area contributed by atoms with Crippen LogP contribution in [0.1, 0.15) is 18.4 Å². The molecule has 0 aliphatic carbocycles. The molecule has 1 rings (SSSR count). The molecule has 84 valence electrons. The predicted octanol–water partition coefficient (Wildman–Crippen LogP) is 2.49. The van der Waals surface area contributed by atoms with Gasteiger partial charge in [0.1, 0.15) is 0 Å². The van der Waals surface area contributed by atoms with E-state index in [0.717, 1.165) is 0 Å². The Morgan fingerprint density at radius 1 is 1.56 bits per heavy atom. The summed E-state index contributed by atoms with van der Waals surface area (Å²) in [6.45, 7) is 0.515. The van der Waals surface area contributed by atoms with Crippen molar-refractivity contribution in [1.82, 2.24) is 0 Å². The zero-order valence-corrected chi connectivity index (χ0v) is 9.29. The second-order valence-corrected chi connectivity index (χ2v) is 3.64. The highest BCUT2D eigenvalue weighted by molar-refractivity contribution is 6.33. The minimum atomic E-state index is -0.821. The highest BCUT2D eigenvalue weighted by Crippen LogP contribution is 2.22. The van der Waals surface area contributed by atoms with Crippen LogP contribution in [0.5, 0.6) is 0 Å². The van der Waals surface area contributed by atoms with E-state index in [0.29, 0.717) is 29.2 Å². The van der Waals surface area contributed by atoms with Gasteiger partial charge in [-0.25, -0.2) is 0 Å². The Labute approximate surface area is 98.5 Å². The molecule has 0 heterocycles. The molecule has 0 radical (unpaired) electrons. The van der Waals surface area contributed by atoms with Crippen molar-refractivity contribution >= 4 is 23.3 Å². The van der Waals surface area contributed by atoms with Crippen LogP contribution in [0.3, 0.4) is 0 Å². The van der Waals surface area contributed by atoms with E-state index in [1.807, 2.05) is 6.07 Å². The quantitative estimate of drug-likeness (QED) is 0.773. The highest BCUT2D eigenvalue weighted by atomic mass is 35.5. The number of hydrogen-bond acceptors (Lipinski definition) is 3. The average molecular weight is 239 g/mol. The lowest BCUT2D eigenvalue weighted by Crippen LogP contribution is -2.05. The molecule has 0 fully saturated rings. The summed E-state index contributed by atoms with van der Waals surface area (Å²) in [5.41, 5.74) is 1.18. The van der Waals surface area contributed by atoms with Crippen molar-refractivity contribution < 1.29 is 9.90 Å². The monoisotopic (exact) mass is 238 g/mol. The average Bonchev–Trinajstić information content (AvgIpc) is 2.26. The third kappa shape index (κ3) is 3.79. The van der Waals surface area contributed by atoms with Crippen molar-refractivity contribution in [2.24, 2.45) is 0 Å². The summed E-state index contributed by atoms with van der Waals surface area (Å²) in [7, 11) is 0. The van der Waals surface area contributed by atoms with Crippen molar-refractivity contribution in [1.29, 1.82) is 5.26 Å². The van der Waals surface area contributed by atoms with Crippen LogP contribution in [0, 0.1) is 11.3 Å². The first kappa shape index (κ1) is 12.3. The van der Waals surface area contributed by atoms with Gasteiger partial charge in [-0.1, -0.05) is 11.6 Å². The summed E-state index contributed by atoms with van der Waals surface area (Å²) in [6, 6.07) is 6.92. The summed E-state index contributed by atoms with van der Waals surface area (Å²) >= 11 is 5.91. The van der Waals surface area contributed by atoms with Gasteiger partial charge in [0.15, 0.2) is 0 Å². The fraction of sp³-hybridized carbons (Fsp3) is 0.273. The molecule has 2 N–H and O–H groups in total. The summed E-state index contributed by atoms with van der Waals surface area (Å²) in [5, 5.41) is 20.7. The molecular formula is C11H11ClN2O2. The predicted molar refractivity (Wildman–Crippen MR) is 61.5 cm³/mol. The van der Waals surface area contributed by atoms with Crippen LogP contribution in [-0.2, 0) is 4.79 Å². The summed E-state index contributed by atoms with van der Waals surface area (Å²) in [4.78, 5) is 10.3. The van der Waals surface area contributed by atoms with E-state index in [4.69, 9.17) is 22.0 Å². The second-order valence-electron chi connectivity index (χ2n) is 3.23. The maximum absolute atomic E-state index is 10.3. The lowest BCUT2D eigenvalue weighted by atomic mass is 10.2. The number of nitrogens with one attached hydrogen (secondary N) is 1. The Hall–Kier alpha value is -1.73. The van der Waals surface area contributed by atoms with E-state index < -0.39 is 5.97 Å². The van der Waals surface area contributed by atoms with Gasteiger partial charge in [0.2, 0.25) is 0 Å². The van der Waals surface area contributed by atoms with Gasteiger partial charge in [0.25, 0.3) is 0 Å². The fourth-order valence-corrected chi connectivity index (χ4v) is 1.38. The molecule has 0 aliphatic heterocycles. The van der Waals surface area contributed by atoms with Crippen LogP contribution in [0.25, 0.3) is 0 Å². The molecule has 0 unspecified atom stereocenters. The lowest BCUT2D eigenvalue weighted by molar-refractivity contribution is -0.137. The standard InChI is InChI=1S/C11H11ClN2O2/c12-9-4-3-8(7-13)6-10(9)14-5-1-2-11(15)16/h3-4,6,14H,1-2,5H2,(H,15,16). The second kappa shape index (κ2) is 5.99. The zero-order chi connectivity index (χ0) is 12.0. The molecule has 4 nitrogen and oxygen atoms in total. The van der Waals surface area contributed by atoms with Gasteiger partial charge >= 0.3 is 5.97 Å². The van der Waals surface area contributed by atoms with Gasteiger partial charge in [-0.05, 0) is 24.6 Å². The molecule has 0 spiro atoms. The van der Waals surface area contributed by atoms with E-state index in [1.165, 1.54) is 0 Å². The van der Waals surface area contributed by atoms with Crippen LogP contribution >= 0.6 is 11.6 Å². The van der Waals surface area contributed by atoms with E-state index in [-0.39, 0.29) is 6.42 Å². The number of carboxylic acids is 1. The molecule has 0 aromatic heterocycles. The van der Waals surface area contributed by atoms with Gasteiger partial charge in [-0.3, -0.25) is 4.79 Å². The normalized spacial score (nSPS) is 9.50. The summed E-state index contributed by atoms with van der Waals surface area (Å²) in [6.07, 6.45) is 0.630. The van der Waals surface area contributed by atoms with Gasteiger partial charge in [0.05, 0.1) is 22.3 Å². The van der Waals surface area contributed by atoms with E-state index in [2.05, 4.69) is 5.32 Å². The van der Waals surface area contributed by atoms with Gasteiger partial charge in [-0.15, -0.1) is 0 Å². The molecule has 0 saturated carbocycles. The summed E-state index contributed by atoms with van der Waals surface area (Å²) < 4.78 is 0. The molecule has 1 aromatic carbocycles. The largest absolute Gasteiger partial charge is 0.481 e. The molecule has 0 atom stereocenters. The Morgan fingerprint density at radius 2 is 2.31 bits per heavy atom. The number of aliphatic carboxylic acids is 1. The number of nitriles is 1. The number of anilines is 1. The number of hydrogen-bond donors (Lipinski definition) is 2. The number of carboxylic acid groups (broad SMARTS) is 1. The third-order valence-electron chi connectivity index (χ3n) is 1.98. The van der Waals surface area contributed by atoms with Crippen molar-refractivity contribution in [3.05, 3.63) is 28.8 Å². The Bertz CT molecular complexity index is 426. The third-order valence-corrected chi connectivity index (χ3v) is 2.31. The molecule has 0 aliphatic rings. The maximum Gasteiger partial charge on any atom is 0.303 e. The van der Waals surface area contributed by atoms with E-state index in [9.17, 15) is 4.79 Å². The number of benzene rings is 1. The van der Waals surface area contributed by atoms with E-state index >= 15 is 0 Å². The number of carbonyl (C=O) groups is 1. The van der Waals surface area contributed by atoms with Crippen LogP contribution in [0.2, 0.25) is 5.02 Å². The van der Waals surface area contributed by atoms with Gasteiger partial charge < -0.3 is 10.4 Å². The smallest absolute Gasteiger partial charge is 0.303 e. The van der Waals surface area contributed by atoms with Crippen molar-refractivity contribution in [3.8, 4) is 6.07 Å². The maximum atomic E-state index is 10.3. The fourth-order valence-electron chi connectivity index (χ4n) is 1.19. The van der Waals surface area contributed by atoms with Crippen LogP contribution in [0.4, 0.5) is 5.69 Å². The molecule has 1 aromatic rings. The first-order chi connectivity index (χ1) is 7.63. The first-order valence-electron chi connectivity index (χ1n) is 4.79. The van der Waals surface area contributed by atoms with Crippen LogP contribution < -0.4 is 5.32 Å². The molecule has 0 amide bonds. The number of rotatable bonds is 5. The lowest BCUT2D eigenvalue weighted by Gasteiger charge is -2.07. The van der Waals surface area contributed by atoms with Crippen molar-refractivity contribution in [2.75, 3.05) is 11.9 Å². The SMILES string of the molecule is N#Cc1ccc(Cl)c(NCCCC(=O)O)c1. The molecule has 16 heavy (non-hydrogen) atoms. The first-order valence-corrected chi connectivity index (χ1v) is 5.16.